The van der Waals surface area contributed by atoms with Crippen molar-refractivity contribution >= 4 is 46.5 Å². The highest BCUT2D eigenvalue weighted by Crippen LogP contribution is 2.33. The molecule has 1 amide bonds. The monoisotopic (exact) mass is 443 g/mol. The highest BCUT2D eigenvalue weighted by Gasteiger charge is 2.12. The number of carbonyl (C=O) groups is 2. The molecule has 0 aliphatic heterocycles. The van der Waals surface area contributed by atoms with Crippen LogP contribution < -0.4 is 10.6 Å². The first kappa shape index (κ1) is 21.6. The number of anilines is 2. The largest absolute Gasteiger partial charge is 0.464 e. The van der Waals surface area contributed by atoms with Crippen LogP contribution in [-0.4, -0.2) is 30.0 Å². The standard InChI is InChI=1S/C22H19Cl2N3O3/c23-17-7-3-8-18(24)21(17)27-19-9-2-1-5-15(19)13-20(28)30-12-11-26-22(29)16-6-4-10-25-14-16/h1-10,14,27H,11-13H2,(H,26,29). The Morgan fingerprint density at radius 3 is 2.47 bits per heavy atom. The zero-order valence-corrected chi connectivity index (χ0v) is 17.4. The first-order valence-corrected chi connectivity index (χ1v) is 9.93. The summed E-state index contributed by atoms with van der Waals surface area (Å²) < 4.78 is 5.24. The van der Waals surface area contributed by atoms with Gasteiger partial charge in [-0.1, -0.05) is 47.5 Å². The molecule has 2 aromatic carbocycles. The summed E-state index contributed by atoms with van der Waals surface area (Å²) in [6, 6.07) is 15.9. The number of hydrogen-bond acceptors (Lipinski definition) is 5. The van der Waals surface area contributed by atoms with Gasteiger partial charge in [-0.15, -0.1) is 0 Å². The van der Waals surface area contributed by atoms with Gasteiger partial charge in [0.2, 0.25) is 0 Å². The van der Waals surface area contributed by atoms with Gasteiger partial charge in [-0.25, -0.2) is 0 Å². The Kier molecular flexibility index (Phi) is 7.65. The van der Waals surface area contributed by atoms with Gasteiger partial charge in [0, 0.05) is 18.1 Å². The van der Waals surface area contributed by atoms with Gasteiger partial charge >= 0.3 is 5.97 Å². The molecular weight excluding hydrogens is 425 g/mol. The molecule has 2 N–H and O–H groups in total. The maximum Gasteiger partial charge on any atom is 0.310 e. The second-order valence-electron chi connectivity index (χ2n) is 6.27. The number of esters is 1. The number of aromatic nitrogens is 1. The number of nitrogens with zero attached hydrogens (tertiary/aromatic N) is 1. The van der Waals surface area contributed by atoms with E-state index in [0.29, 0.717) is 27.0 Å². The van der Waals surface area contributed by atoms with Crippen molar-refractivity contribution in [2.24, 2.45) is 0 Å². The van der Waals surface area contributed by atoms with Crippen molar-refractivity contribution in [3.05, 3.63) is 88.2 Å². The molecule has 154 valence electrons. The molecule has 1 heterocycles. The average Bonchev–Trinajstić information content (AvgIpc) is 2.75. The number of pyridine rings is 1. The number of amides is 1. The van der Waals surface area contributed by atoms with Crippen LogP contribution in [0.1, 0.15) is 15.9 Å². The number of halogens is 2. The molecule has 1 aromatic heterocycles. The van der Waals surface area contributed by atoms with E-state index in [9.17, 15) is 9.59 Å². The van der Waals surface area contributed by atoms with Crippen molar-refractivity contribution in [1.82, 2.24) is 10.3 Å². The van der Waals surface area contributed by atoms with Crippen LogP contribution in [0.15, 0.2) is 67.0 Å². The summed E-state index contributed by atoms with van der Waals surface area (Å²) >= 11 is 12.4. The normalized spacial score (nSPS) is 10.3. The van der Waals surface area contributed by atoms with Crippen molar-refractivity contribution in [3.8, 4) is 0 Å². The van der Waals surface area contributed by atoms with Crippen LogP contribution in [0, 0.1) is 0 Å². The Bertz CT molecular complexity index is 1010. The number of carbonyl (C=O) groups excluding carboxylic acids is 2. The van der Waals surface area contributed by atoms with E-state index in [1.54, 1.807) is 36.5 Å². The zero-order valence-electron chi connectivity index (χ0n) is 15.9. The fourth-order valence-electron chi connectivity index (χ4n) is 2.68. The second kappa shape index (κ2) is 10.6. The number of rotatable bonds is 8. The van der Waals surface area contributed by atoms with Crippen LogP contribution in [0.25, 0.3) is 0 Å². The third-order valence-electron chi connectivity index (χ3n) is 4.15. The van der Waals surface area contributed by atoms with Crippen molar-refractivity contribution in [2.75, 3.05) is 18.5 Å². The molecular formula is C22H19Cl2N3O3. The summed E-state index contributed by atoms with van der Waals surface area (Å²) in [4.78, 5) is 28.1. The van der Waals surface area contributed by atoms with Crippen LogP contribution in [0.2, 0.25) is 10.0 Å². The van der Waals surface area contributed by atoms with E-state index in [0.717, 1.165) is 5.56 Å². The van der Waals surface area contributed by atoms with E-state index in [1.807, 2.05) is 24.3 Å². The Morgan fingerprint density at radius 2 is 1.73 bits per heavy atom. The minimum Gasteiger partial charge on any atom is -0.464 e. The Morgan fingerprint density at radius 1 is 0.967 bits per heavy atom. The third kappa shape index (κ3) is 5.95. The van der Waals surface area contributed by atoms with Crippen LogP contribution >= 0.6 is 23.2 Å². The highest BCUT2D eigenvalue weighted by atomic mass is 35.5. The van der Waals surface area contributed by atoms with Gasteiger partial charge in [0.15, 0.2) is 0 Å². The molecule has 0 atom stereocenters. The van der Waals surface area contributed by atoms with E-state index >= 15 is 0 Å². The molecule has 3 aromatic rings. The summed E-state index contributed by atoms with van der Waals surface area (Å²) in [6.45, 7) is 0.269. The van der Waals surface area contributed by atoms with Gasteiger partial charge < -0.3 is 15.4 Å². The predicted octanol–water partition coefficient (Wildman–Crippen LogP) is 4.65. The molecule has 0 aliphatic carbocycles. The molecule has 0 unspecified atom stereocenters. The van der Waals surface area contributed by atoms with E-state index in [1.165, 1.54) is 6.20 Å². The van der Waals surface area contributed by atoms with Crippen molar-refractivity contribution in [3.63, 3.8) is 0 Å². The van der Waals surface area contributed by atoms with Crippen LogP contribution in [0.4, 0.5) is 11.4 Å². The molecule has 6 nitrogen and oxygen atoms in total. The molecule has 0 aliphatic rings. The Labute approximate surface area is 184 Å². The van der Waals surface area contributed by atoms with Crippen molar-refractivity contribution in [2.45, 2.75) is 6.42 Å². The molecule has 0 bridgehead atoms. The van der Waals surface area contributed by atoms with Crippen LogP contribution in [0.3, 0.4) is 0 Å². The second-order valence-corrected chi connectivity index (χ2v) is 7.09. The molecule has 0 saturated heterocycles. The lowest BCUT2D eigenvalue weighted by Crippen LogP contribution is -2.28. The van der Waals surface area contributed by atoms with Gasteiger partial charge in [-0.05, 0) is 35.9 Å². The van der Waals surface area contributed by atoms with Crippen LogP contribution in [0.5, 0.6) is 0 Å². The number of hydrogen-bond donors (Lipinski definition) is 2. The minimum atomic E-state index is -0.412. The van der Waals surface area contributed by atoms with Crippen LogP contribution in [-0.2, 0) is 16.0 Å². The molecule has 0 spiro atoms. The van der Waals surface area contributed by atoms with Gasteiger partial charge in [0.1, 0.15) is 6.61 Å². The maximum absolute atomic E-state index is 12.2. The van der Waals surface area contributed by atoms with Gasteiger partial charge in [-0.2, -0.15) is 0 Å². The quantitative estimate of drug-likeness (QED) is 0.391. The minimum absolute atomic E-state index is 0.0573. The maximum atomic E-state index is 12.2. The number of para-hydroxylation sites is 2. The Balaban J connectivity index is 1.53. The number of ether oxygens (including phenoxy) is 1. The van der Waals surface area contributed by atoms with E-state index in [4.69, 9.17) is 27.9 Å². The molecule has 0 saturated carbocycles. The third-order valence-corrected chi connectivity index (χ3v) is 4.78. The molecule has 3 rings (SSSR count). The fraction of sp³-hybridized carbons (Fsp3) is 0.136. The molecule has 0 radical (unpaired) electrons. The van der Waals surface area contributed by atoms with Crippen molar-refractivity contribution in [1.29, 1.82) is 0 Å². The zero-order chi connectivity index (χ0) is 21.3. The van der Waals surface area contributed by atoms with Gasteiger partial charge in [-0.3, -0.25) is 14.6 Å². The van der Waals surface area contributed by atoms with Gasteiger partial charge in [0.25, 0.3) is 5.91 Å². The first-order chi connectivity index (χ1) is 14.5. The number of nitrogens with one attached hydrogen (secondary N) is 2. The lowest BCUT2D eigenvalue weighted by molar-refractivity contribution is -0.142. The molecule has 8 heteroatoms. The highest BCUT2D eigenvalue weighted by molar-refractivity contribution is 6.39. The molecule has 0 fully saturated rings. The summed E-state index contributed by atoms with van der Waals surface area (Å²) in [5, 5.41) is 6.81. The van der Waals surface area contributed by atoms with E-state index in [2.05, 4.69) is 15.6 Å². The Hall–Kier alpha value is -3.09. The number of benzene rings is 2. The van der Waals surface area contributed by atoms with Gasteiger partial charge in [0.05, 0.1) is 34.3 Å². The lowest BCUT2D eigenvalue weighted by Gasteiger charge is -2.14. The average molecular weight is 444 g/mol. The first-order valence-electron chi connectivity index (χ1n) is 9.17. The topological polar surface area (TPSA) is 80.3 Å². The molecule has 30 heavy (non-hydrogen) atoms. The summed E-state index contributed by atoms with van der Waals surface area (Å²) in [5.41, 5.74) is 2.45. The van der Waals surface area contributed by atoms with Crippen molar-refractivity contribution < 1.29 is 14.3 Å². The van der Waals surface area contributed by atoms with E-state index in [-0.39, 0.29) is 25.5 Å². The fourth-order valence-corrected chi connectivity index (χ4v) is 3.18. The predicted molar refractivity (Wildman–Crippen MR) is 117 cm³/mol. The summed E-state index contributed by atoms with van der Waals surface area (Å²) in [7, 11) is 0. The lowest BCUT2D eigenvalue weighted by atomic mass is 10.1. The summed E-state index contributed by atoms with van der Waals surface area (Å²) in [6.07, 6.45) is 3.11. The SMILES string of the molecule is O=C(Cc1ccccc1Nc1c(Cl)cccc1Cl)OCCNC(=O)c1cccnc1. The van der Waals surface area contributed by atoms with E-state index < -0.39 is 5.97 Å². The smallest absolute Gasteiger partial charge is 0.310 e. The summed E-state index contributed by atoms with van der Waals surface area (Å²) in [5.74, 6) is -0.685.